The van der Waals surface area contributed by atoms with Crippen molar-refractivity contribution >= 4 is 63.0 Å². The summed E-state index contributed by atoms with van der Waals surface area (Å²) in [6, 6.07) is 19.7. The third-order valence-electron chi connectivity index (χ3n) is 5.61. The molecule has 0 bridgehead atoms. The second-order valence-electron chi connectivity index (χ2n) is 8.26. The highest BCUT2D eigenvalue weighted by Gasteiger charge is 2.40. The number of hydrogen-bond donors (Lipinski definition) is 0. The molecule has 0 radical (unpaired) electrons. The maximum Gasteiger partial charge on any atom is 0.323 e. The summed E-state index contributed by atoms with van der Waals surface area (Å²) in [5.41, 5.74) is 0.915. The van der Waals surface area contributed by atoms with Gasteiger partial charge >= 0.3 is 23.9 Å². The minimum Gasteiger partial charge on any atom is -0.428 e. The van der Waals surface area contributed by atoms with Gasteiger partial charge in [0.05, 0.1) is 0 Å². The number of fused-ring (bicyclic) bond motifs is 1. The number of halogens is 1. The van der Waals surface area contributed by atoms with Gasteiger partial charge in [0, 0.05) is 35.3 Å². The quantitative estimate of drug-likeness (QED) is 0.0986. The molecule has 0 aliphatic carbocycles. The van der Waals surface area contributed by atoms with Gasteiger partial charge in [-0.2, -0.15) is 0 Å². The van der Waals surface area contributed by atoms with Crippen molar-refractivity contribution in [3.8, 4) is 0 Å². The van der Waals surface area contributed by atoms with E-state index in [0.717, 1.165) is 28.2 Å². The summed E-state index contributed by atoms with van der Waals surface area (Å²) in [5, 5.41) is 1.75. The van der Waals surface area contributed by atoms with Gasteiger partial charge in [0.1, 0.15) is 0 Å². The Morgan fingerprint density at radius 1 is 0.711 bits per heavy atom. The second kappa shape index (κ2) is 13.7. The number of carbonyl (C=O) groups excluding carboxylic acids is 5. The van der Waals surface area contributed by atoms with E-state index in [-0.39, 0.29) is 12.2 Å². The van der Waals surface area contributed by atoms with Crippen molar-refractivity contribution in [3.63, 3.8) is 0 Å². The average molecular weight is 632 g/mol. The number of ether oxygens (including phenoxy) is 4. The molecule has 198 valence electrons. The monoisotopic (exact) mass is 632 g/mol. The van der Waals surface area contributed by atoms with Crippen molar-refractivity contribution in [1.29, 1.82) is 0 Å². The predicted molar refractivity (Wildman–Crippen MR) is 144 cm³/mol. The summed E-state index contributed by atoms with van der Waals surface area (Å²) >= 11 is 2.12. The van der Waals surface area contributed by atoms with Crippen LogP contribution in [0.5, 0.6) is 0 Å². The standard InChI is InChI=1S/C28H25IO9/c1-17(30)35-15-37-27(33)26(28(34)38-16-36-18(2)31)24(14-25(32)20-9-11-23(29)12-10-20)22-8-7-19-5-3-4-6-21(19)13-22/h3-13,24,26H,14-16H2,1-2H3. The Bertz CT molecular complexity index is 1300. The molecule has 0 aliphatic rings. The molecule has 0 heterocycles. The van der Waals surface area contributed by atoms with Gasteiger partial charge in [0.25, 0.3) is 0 Å². The van der Waals surface area contributed by atoms with E-state index >= 15 is 0 Å². The molecule has 0 fully saturated rings. The second-order valence-corrected chi connectivity index (χ2v) is 9.50. The zero-order valence-corrected chi connectivity index (χ0v) is 22.8. The molecule has 3 aromatic rings. The van der Waals surface area contributed by atoms with Gasteiger partial charge in [-0.15, -0.1) is 0 Å². The molecule has 0 saturated heterocycles. The molecule has 38 heavy (non-hydrogen) atoms. The third kappa shape index (κ3) is 8.10. The Kier molecular flexibility index (Phi) is 10.3. The summed E-state index contributed by atoms with van der Waals surface area (Å²) in [6.07, 6.45) is -0.241. The number of esters is 4. The van der Waals surface area contributed by atoms with Crippen molar-refractivity contribution in [3.05, 3.63) is 81.4 Å². The van der Waals surface area contributed by atoms with Crippen LogP contribution < -0.4 is 0 Å². The first-order chi connectivity index (χ1) is 18.2. The highest BCUT2D eigenvalue weighted by Crippen LogP contribution is 2.34. The fraction of sp³-hybridized carbons (Fsp3) is 0.250. The van der Waals surface area contributed by atoms with E-state index < -0.39 is 49.3 Å². The summed E-state index contributed by atoms with van der Waals surface area (Å²) in [6.45, 7) is 0.821. The number of hydrogen-bond acceptors (Lipinski definition) is 9. The smallest absolute Gasteiger partial charge is 0.323 e. The van der Waals surface area contributed by atoms with Gasteiger partial charge in [-0.05, 0) is 51.1 Å². The maximum atomic E-state index is 13.3. The molecule has 0 aliphatic heterocycles. The van der Waals surface area contributed by atoms with Gasteiger partial charge in [-0.1, -0.05) is 54.6 Å². The van der Waals surface area contributed by atoms with Gasteiger partial charge in [-0.3, -0.25) is 24.0 Å². The van der Waals surface area contributed by atoms with Crippen molar-refractivity contribution < 1.29 is 42.9 Å². The summed E-state index contributed by atoms with van der Waals surface area (Å²) < 4.78 is 20.4. The van der Waals surface area contributed by atoms with Crippen LogP contribution in [0.4, 0.5) is 0 Å². The molecular weight excluding hydrogens is 607 g/mol. The Balaban J connectivity index is 2.02. The summed E-state index contributed by atoms with van der Waals surface area (Å²) in [5.74, 6) is -6.46. The molecule has 1 atom stereocenters. The van der Waals surface area contributed by atoms with Crippen LogP contribution in [0, 0.1) is 9.49 Å². The fourth-order valence-corrected chi connectivity index (χ4v) is 4.12. The molecule has 0 spiro atoms. The molecule has 10 heteroatoms. The minimum absolute atomic E-state index is 0.241. The van der Waals surface area contributed by atoms with Crippen LogP contribution in [0.15, 0.2) is 66.7 Å². The Morgan fingerprint density at radius 3 is 1.82 bits per heavy atom. The van der Waals surface area contributed by atoms with Crippen LogP contribution >= 0.6 is 22.6 Å². The van der Waals surface area contributed by atoms with E-state index in [1.807, 2.05) is 30.3 Å². The maximum absolute atomic E-state index is 13.3. The molecule has 3 aromatic carbocycles. The van der Waals surface area contributed by atoms with Crippen LogP contribution in [0.2, 0.25) is 0 Å². The lowest BCUT2D eigenvalue weighted by Crippen LogP contribution is -2.35. The first kappa shape index (κ1) is 28.8. The summed E-state index contributed by atoms with van der Waals surface area (Å²) in [7, 11) is 0. The highest BCUT2D eigenvalue weighted by atomic mass is 127. The number of carbonyl (C=O) groups is 5. The lowest BCUT2D eigenvalue weighted by Gasteiger charge is -2.25. The SMILES string of the molecule is CC(=O)OCOC(=O)C(C(=O)OCOC(C)=O)C(CC(=O)c1ccc(I)cc1)c1ccc2ccccc2c1. The third-order valence-corrected chi connectivity index (χ3v) is 6.33. The van der Waals surface area contributed by atoms with Crippen LogP contribution in [0.1, 0.15) is 42.1 Å². The molecule has 9 nitrogen and oxygen atoms in total. The molecule has 0 saturated carbocycles. The molecule has 0 N–H and O–H groups in total. The normalized spacial score (nSPS) is 11.5. The van der Waals surface area contributed by atoms with E-state index in [2.05, 4.69) is 32.1 Å². The Morgan fingerprint density at radius 2 is 1.26 bits per heavy atom. The van der Waals surface area contributed by atoms with E-state index in [0.29, 0.717) is 11.1 Å². The molecule has 3 rings (SSSR count). The van der Waals surface area contributed by atoms with Crippen molar-refractivity contribution in [2.45, 2.75) is 26.2 Å². The van der Waals surface area contributed by atoms with Crippen LogP contribution in [-0.4, -0.2) is 43.2 Å². The lowest BCUT2D eigenvalue weighted by molar-refractivity contribution is -0.179. The Labute approximate surface area is 232 Å². The highest BCUT2D eigenvalue weighted by molar-refractivity contribution is 14.1. The van der Waals surface area contributed by atoms with E-state index in [1.165, 1.54) is 0 Å². The first-order valence-corrected chi connectivity index (χ1v) is 12.6. The predicted octanol–water partition coefficient (Wildman–Crippen LogP) is 4.54. The topological polar surface area (TPSA) is 122 Å². The van der Waals surface area contributed by atoms with Crippen molar-refractivity contribution in [2.75, 3.05) is 13.6 Å². The van der Waals surface area contributed by atoms with E-state index in [1.54, 1.807) is 36.4 Å². The van der Waals surface area contributed by atoms with E-state index in [9.17, 15) is 24.0 Å². The van der Waals surface area contributed by atoms with Crippen molar-refractivity contribution in [2.24, 2.45) is 5.92 Å². The van der Waals surface area contributed by atoms with Crippen LogP contribution in [0.3, 0.4) is 0 Å². The van der Waals surface area contributed by atoms with E-state index in [4.69, 9.17) is 9.47 Å². The number of benzene rings is 3. The molecule has 0 amide bonds. The molecular formula is C28H25IO9. The zero-order valence-electron chi connectivity index (χ0n) is 20.7. The Hall–Kier alpha value is -3.80. The first-order valence-electron chi connectivity index (χ1n) is 11.5. The zero-order chi connectivity index (χ0) is 27.7. The summed E-state index contributed by atoms with van der Waals surface area (Å²) in [4.78, 5) is 61.9. The molecule has 0 aromatic heterocycles. The van der Waals surface area contributed by atoms with Crippen LogP contribution in [-0.2, 0) is 38.1 Å². The number of Topliss-reactive ketones (excluding diaryl/α,β-unsaturated/α-hetero) is 1. The lowest BCUT2D eigenvalue weighted by atomic mass is 9.80. The van der Waals surface area contributed by atoms with Gasteiger partial charge in [-0.25, -0.2) is 0 Å². The van der Waals surface area contributed by atoms with Crippen LogP contribution in [0.25, 0.3) is 10.8 Å². The number of rotatable bonds is 11. The fourth-order valence-electron chi connectivity index (χ4n) is 3.77. The van der Waals surface area contributed by atoms with Gasteiger partial charge in [0.2, 0.25) is 13.6 Å². The minimum atomic E-state index is -1.63. The average Bonchev–Trinajstić information content (AvgIpc) is 2.88. The van der Waals surface area contributed by atoms with Crippen molar-refractivity contribution in [1.82, 2.24) is 0 Å². The number of ketones is 1. The molecule has 1 unspecified atom stereocenters. The van der Waals surface area contributed by atoms with Gasteiger partial charge < -0.3 is 18.9 Å². The largest absolute Gasteiger partial charge is 0.428 e. The van der Waals surface area contributed by atoms with Gasteiger partial charge in [0.15, 0.2) is 11.7 Å².